The van der Waals surface area contributed by atoms with E-state index in [2.05, 4.69) is 15.6 Å². The molecule has 0 fully saturated rings. The van der Waals surface area contributed by atoms with E-state index in [4.69, 9.17) is 21.4 Å². The Morgan fingerprint density at radius 3 is 2.52 bits per heavy atom. The molecule has 2 N–H and O–H groups in total. The van der Waals surface area contributed by atoms with Crippen LogP contribution in [0.5, 0.6) is 5.75 Å². The number of aryl methyl sites for hydroxylation is 1. The summed E-state index contributed by atoms with van der Waals surface area (Å²) in [5.74, 6) is 0.970. The highest BCUT2D eigenvalue weighted by Gasteiger charge is 2.08. The Kier molecular flexibility index (Phi) is 6.24. The molecule has 0 aliphatic rings. The van der Waals surface area contributed by atoms with Crippen molar-refractivity contribution >= 4 is 40.0 Å². The number of fused-ring (bicyclic) bond motifs is 1. The second-order valence-corrected chi connectivity index (χ2v) is 7.46. The number of amides is 1. The Morgan fingerprint density at radius 1 is 1.03 bits per heavy atom. The summed E-state index contributed by atoms with van der Waals surface area (Å²) >= 11 is 5.21. The third-order valence-corrected chi connectivity index (χ3v) is 4.75. The van der Waals surface area contributed by atoms with Crippen molar-refractivity contribution in [3.8, 4) is 5.75 Å². The molecule has 4 aromatic rings. The highest BCUT2D eigenvalue weighted by molar-refractivity contribution is 7.80. The fourth-order valence-electron chi connectivity index (χ4n) is 2.98. The molecule has 4 rings (SSSR count). The normalized spacial score (nSPS) is 10.6. The van der Waals surface area contributed by atoms with Crippen LogP contribution in [-0.2, 0) is 11.2 Å². The van der Waals surface area contributed by atoms with Crippen LogP contribution < -0.4 is 15.4 Å². The summed E-state index contributed by atoms with van der Waals surface area (Å²) in [5, 5.41) is 5.82. The van der Waals surface area contributed by atoms with Crippen molar-refractivity contribution in [1.82, 2.24) is 10.3 Å². The molecule has 31 heavy (non-hydrogen) atoms. The number of hydrogen-bond donors (Lipinski definition) is 2. The highest BCUT2D eigenvalue weighted by Crippen LogP contribution is 2.18. The minimum absolute atomic E-state index is 0.117. The first-order valence-corrected chi connectivity index (χ1v) is 10.2. The summed E-state index contributed by atoms with van der Waals surface area (Å²) < 4.78 is 11.2. The zero-order valence-electron chi connectivity index (χ0n) is 16.9. The van der Waals surface area contributed by atoms with Gasteiger partial charge in [-0.2, -0.15) is 0 Å². The van der Waals surface area contributed by atoms with Gasteiger partial charge in [0.25, 0.3) is 5.91 Å². The molecule has 1 heterocycles. The molecule has 1 amide bonds. The van der Waals surface area contributed by atoms with Crippen LogP contribution in [0.25, 0.3) is 11.1 Å². The number of nitrogens with zero attached hydrogens (tertiary/aromatic N) is 1. The van der Waals surface area contributed by atoms with Crippen molar-refractivity contribution in [1.29, 1.82) is 0 Å². The predicted octanol–water partition coefficient (Wildman–Crippen LogP) is 4.62. The number of anilines is 1. The average molecular weight is 432 g/mol. The third kappa shape index (κ3) is 5.67. The minimum Gasteiger partial charge on any atom is -0.484 e. The lowest BCUT2D eigenvalue weighted by Gasteiger charge is -2.11. The van der Waals surface area contributed by atoms with Gasteiger partial charge in [-0.3, -0.25) is 10.1 Å². The van der Waals surface area contributed by atoms with E-state index in [1.807, 2.05) is 79.7 Å². The molecule has 0 unspecified atom stereocenters. The summed E-state index contributed by atoms with van der Waals surface area (Å²) in [5.41, 5.74) is 4.58. The monoisotopic (exact) mass is 431 g/mol. The standard InChI is InChI=1S/C24H21N3O3S/c1-16-6-12-19(13-7-16)29-15-22(28)27-24(31)25-18-10-8-17(9-11-18)14-23-26-20-4-2-3-5-21(20)30-23/h2-13H,14-15H2,1H3,(H2,25,27,28,31). The second-order valence-electron chi connectivity index (χ2n) is 7.05. The Hall–Kier alpha value is -3.71. The first-order chi connectivity index (χ1) is 15.0. The maximum Gasteiger partial charge on any atom is 0.264 e. The number of thiocarbonyl (C=S) groups is 1. The lowest BCUT2D eigenvalue weighted by Crippen LogP contribution is -2.37. The number of ether oxygens (including phenoxy) is 1. The van der Waals surface area contributed by atoms with Gasteiger partial charge in [0, 0.05) is 12.1 Å². The molecule has 0 bridgehead atoms. The number of hydrogen-bond acceptors (Lipinski definition) is 5. The van der Waals surface area contributed by atoms with Gasteiger partial charge < -0.3 is 14.5 Å². The van der Waals surface area contributed by atoms with E-state index >= 15 is 0 Å². The number of benzene rings is 3. The van der Waals surface area contributed by atoms with Crippen molar-refractivity contribution in [3.05, 3.63) is 89.8 Å². The Balaban J connectivity index is 1.26. The summed E-state index contributed by atoms with van der Waals surface area (Å²) in [7, 11) is 0. The van der Waals surface area contributed by atoms with Crippen molar-refractivity contribution in [3.63, 3.8) is 0 Å². The van der Waals surface area contributed by atoms with Gasteiger partial charge in [-0.25, -0.2) is 4.98 Å². The molecule has 0 spiro atoms. The van der Waals surface area contributed by atoms with Gasteiger partial charge in [-0.15, -0.1) is 0 Å². The maximum atomic E-state index is 12.0. The van der Waals surface area contributed by atoms with Gasteiger partial charge in [-0.1, -0.05) is 42.0 Å². The van der Waals surface area contributed by atoms with Gasteiger partial charge in [0.05, 0.1) is 0 Å². The summed E-state index contributed by atoms with van der Waals surface area (Å²) in [4.78, 5) is 16.5. The van der Waals surface area contributed by atoms with Gasteiger partial charge in [0.15, 0.2) is 23.2 Å². The van der Waals surface area contributed by atoms with Crippen LogP contribution in [0, 0.1) is 6.92 Å². The van der Waals surface area contributed by atoms with Crippen LogP contribution in [0.3, 0.4) is 0 Å². The Bertz CT molecular complexity index is 1170. The molecule has 0 radical (unpaired) electrons. The molecule has 0 atom stereocenters. The zero-order valence-corrected chi connectivity index (χ0v) is 17.7. The lowest BCUT2D eigenvalue weighted by molar-refractivity contribution is -0.121. The molecule has 156 valence electrons. The van der Waals surface area contributed by atoms with Crippen LogP contribution in [0.15, 0.2) is 77.2 Å². The molecule has 1 aromatic heterocycles. The number of carbonyl (C=O) groups excluding carboxylic acids is 1. The van der Waals surface area contributed by atoms with Gasteiger partial charge in [-0.05, 0) is 61.1 Å². The van der Waals surface area contributed by atoms with Crippen molar-refractivity contribution < 1.29 is 13.9 Å². The maximum absolute atomic E-state index is 12.0. The molecule has 0 aliphatic carbocycles. The number of nitrogens with one attached hydrogen (secondary N) is 2. The highest BCUT2D eigenvalue weighted by atomic mass is 32.1. The zero-order chi connectivity index (χ0) is 21.6. The minimum atomic E-state index is -0.328. The van der Waals surface area contributed by atoms with E-state index in [0.717, 1.165) is 27.9 Å². The number of carbonyl (C=O) groups is 1. The third-order valence-electron chi connectivity index (χ3n) is 4.55. The summed E-state index contributed by atoms with van der Waals surface area (Å²) in [6.07, 6.45) is 0.590. The van der Waals surface area contributed by atoms with E-state index in [9.17, 15) is 4.79 Å². The van der Waals surface area contributed by atoms with Crippen LogP contribution in [0.4, 0.5) is 5.69 Å². The second kappa shape index (κ2) is 9.40. The van der Waals surface area contributed by atoms with E-state index in [1.165, 1.54) is 0 Å². The van der Waals surface area contributed by atoms with Crippen LogP contribution in [0.2, 0.25) is 0 Å². The quantitative estimate of drug-likeness (QED) is 0.434. The molecule has 0 aliphatic heterocycles. The Labute approximate surface area is 185 Å². The van der Waals surface area contributed by atoms with E-state index < -0.39 is 0 Å². The number of oxazole rings is 1. The van der Waals surface area contributed by atoms with Gasteiger partial charge >= 0.3 is 0 Å². The van der Waals surface area contributed by atoms with E-state index in [1.54, 1.807) is 0 Å². The number of para-hydroxylation sites is 2. The summed E-state index contributed by atoms with van der Waals surface area (Å²) in [6, 6.07) is 22.9. The first-order valence-electron chi connectivity index (χ1n) is 9.79. The first kappa shape index (κ1) is 20.6. The summed E-state index contributed by atoms with van der Waals surface area (Å²) in [6.45, 7) is 1.87. The Morgan fingerprint density at radius 2 is 1.77 bits per heavy atom. The SMILES string of the molecule is Cc1ccc(OCC(=O)NC(=S)Nc2ccc(Cc3nc4ccccc4o3)cc2)cc1. The average Bonchev–Trinajstić information content (AvgIpc) is 3.17. The van der Waals surface area contributed by atoms with Crippen LogP contribution in [0.1, 0.15) is 17.0 Å². The van der Waals surface area contributed by atoms with Crippen LogP contribution in [-0.4, -0.2) is 22.6 Å². The van der Waals surface area contributed by atoms with E-state index in [-0.39, 0.29) is 17.6 Å². The smallest absolute Gasteiger partial charge is 0.264 e. The van der Waals surface area contributed by atoms with Gasteiger partial charge in [0.1, 0.15) is 11.3 Å². The lowest BCUT2D eigenvalue weighted by atomic mass is 10.1. The van der Waals surface area contributed by atoms with Gasteiger partial charge in [0.2, 0.25) is 0 Å². The fraction of sp³-hybridized carbons (Fsp3) is 0.125. The molecular formula is C24H21N3O3S. The fourth-order valence-corrected chi connectivity index (χ4v) is 3.22. The van der Waals surface area contributed by atoms with Crippen molar-refractivity contribution in [2.24, 2.45) is 0 Å². The molecule has 3 aromatic carbocycles. The van der Waals surface area contributed by atoms with Crippen LogP contribution >= 0.6 is 12.2 Å². The van der Waals surface area contributed by atoms with Crippen molar-refractivity contribution in [2.75, 3.05) is 11.9 Å². The molecule has 0 saturated carbocycles. The topological polar surface area (TPSA) is 76.4 Å². The predicted molar refractivity (Wildman–Crippen MR) is 124 cm³/mol. The number of rotatable bonds is 6. The molecule has 6 nitrogen and oxygen atoms in total. The van der Waals surface area contributed by atoms with Crippen molar-refractivity contribution in [2.45, 2.75) is 13.3 Å². The number of aromatic nitrogens is 1. The largest absolute Gasteiger partial charge is 0.484 e. The molecular weight excluding hydrogens is 410 g/mol. The molecule has 0 saturated heterocycles. The van der Waals surface area contributed by atoms with E-state index in [0.29, 0.717) is 18.1 Å². The molecule has 7 heteroatoms.